The van der Waals surface area contributed by atoms with Crippen molar-refractivity contribution >= 4 is 17.3 Å². The highest BCUT2D eigenvalue weighted by molar-refractivity contribution is 5.97. The molecule has 0 saturated carbocycles. The Kier molecular flexibility index (Phi) is 5.31. The Bertz CT molecular complexity index is 665. The molecule has 0 atom stereocenters. The zero-order valence-corrected chi connectivity index (χ0v) is 12.8. The van der Waals surface area contributed by atoms with Crippen LogP contribution in [-0.2, 0) is 4.79 Å². The van der Waals surface area contributed by atoms with Crippen LogP contribution in [0, 0.1) is 6.92 Å². The Balaban J connectivity index is 1.90. The number of hydrogen-bond donors (Lipinski definition) is 1. The lowest BCUT2D eigenvalue weighted by atomic mass is 10.1. The number of nitrogens with one attached hydrogen (secondary N) is 1. The molecule has 0 aliphatic heterocycles. The lowest BCUT2D eigenvalue weighted by Gasteiger charge is -2.11. The van der Waals surface area contributed by atoms with E-state index in [0.29, 0.717) is 11.3 Å². The maximum absolute atomic E-state index is 11.9. The third-order valence-electron chi connectivity index (χ3n) is 3.17. The predicted octanol–water partition coefficient (Wildman–Crippen LogP) is 3.26. The van der Waals surface area contributed by atoms with E-state index < -0.39 is 0 Å². The van der Waals surface area contributed by atoms with Gasteiger partial charge in [0.1, 0.15) is 12.4 Å². The SMILES string of the molecule is CC(=O)c1cc(C)ccc1OCC(=O)CNc1ccccc1. The lowest BCUT2D eigenvalue weighted by molar-refractivity contribution is -0.119. The summed E-state index contributed by atoms with van der Waals surface area (Å²) in [6, 6.07) is 14.8. The summed E-state index contributed by atoms with van der Waals surface area (Å²) in [5.74, 6) is 0.290. The molecule has 0 aliphatic rings. The Morgan fingerprint density at radius 3 is 2.50 bits per heavy atom. The van der Waals surface area contributed by atoms with Crippen LogP contribution in [0.2, 0.25) is 0 Å². The number of carbonyl (C=O) groups excluding carboxylic acids is 2. The number of para-hydroxylation sites is 1. The average molecular weight is 297 g/mol. The molecule has 0 saturated heterocycles. The van der Waals surface area contributed by atoms with Crippen molar-refractivity contribution in [2.24, 2.45) is 0 Å². The van der Waals surface area contributed by atoms with Gasteiger partial charge in [-0.2, -0.15) is 0 Å². The fourth-order valence-electron chi connectivity index (χ4n) is 2.01. The quantitative estimate of drug-likeness (QED) is 0.797. The zero-order chi connectivity index (χ0) is 15.9. The lowest BCUT2D eigenvalue weighted by Crippen LogP contribution is -2.21. The van der Waals surface area contributed by atoms with Crippen LogP contribution >= 0.6 is 0 Å². The third-order valence-corrected chi connectivity index (χ3v) is 3.17. The van der Waals surface area contributed by atoms with Gasteiger partial charge in [-0.1, -0.05) is 29.8 Å². The normalized spacial score (nSPS) is 10.1. The van der Waals surface area contributed by atoms with Crippen LogP contribution in [0.3, 0.4) is 0 Å². The number of aryl methyl sites for hydroxylation is 1. The van der Waals surface area contributed by atoms with Crippen molar-refractivity contribution < 1.29 is 14.3 Å². The van der Waals surface area contributed by atoms with Gasteiger partial charge < -0.3 is 10.1 Å². The second kappa shape index (κ2) is 7.41. The van der Waals surface area contributed by atoms with Crippen molar-refractivity contribution in [3.63, 3.8) is 0 Å². The van der Waals surface area contributed by atoms with E-state index in [1.165, 1.54) is 6.92 Å². The molecule has 2 aromatic rings. The van der Waals surface area contributed by atoms with Crippen LogP contribution in [0.4, 0.5) is 5.69 Å². The second-order valence-electron chi connectivity index (χ2n) is 5.10. The summed E-state index contributed by atoms with van der Waals surface area (Å²) in [6.07, 6.45) is 0. The number of rotatable bonds is 7. The van der Waals surface area contributed by atoms with Crippen molar-refractivity contribution in [2.45, 2.75) is 13.8 Å². The van der Waals surface area contributed by atoms with Gasteiger partial charge in [-0.05, 0) is 38.1 Å². The number of ether oxygens (including phenoxy) is 1. The Morgan fingerprint density at radius 1 is 1.09 bits per heavy atom. The molecule has 0 aromatic heterocycles. The molecular weight excluding hydrogens is 278 g/mol. The molecule has 0 bridgehead atoms. The van der Waals surface area contributed by atoms with Gasteiger partial charge in [0, 0.05) is 5.69 Å². The fourth-order valence-corrected chi connectivity index (χ4v) is 2.01. The Hall–Kier alpha value is -2.62. The van der Waals surface area contributed by atoms with E-state index in [-0.39, 0.29) is 24.7 Å². The van der Waals surface area contributed by atoms with Crippen molar-refractivity contribution in [1.82, 2.24) is 0 Å². The molecule has 1 N–H and O–H groups in total. The van der Waals surface area contributed by atoms with Crippen molar-refractivity contribution in [3.8, 4) is 5.75 Å². The standard InChI is InChI=1S/C18H19NO3/c1-13-8-9-18(17(10-13)14(2)20)22-12-16(21)11-19-15-6-4-3-5-7-15/h3-10,19H,11-12H2,1-2H3. The van der Waals surface area contributed by atoms with E-state index in [9.17, 15) is 9.59 Å². The average Bonchev–Trinajstić information content (AvgIpc) is 2.52. The zero-order valence-electron chi connectivity index (χ0n) is 12.8. The molecule has 0 radical (unpaired) electrons. The molecular formula is C18H19NO3. The summed E-state index contributed by atoms with van der Waals surface area (Å²) in [7, 11) is 0. The van der Waals surface area contributed by atoms with Gasteiger partial charge in [-0.25, -0.2) is 0 Å². The first kappa shape index (κ1) is 15.8. The minimum atomic E-state index is -0.0843. The Morgan fingerprint density at radius 2 is 1.82 bits per heavy atom. The monoisotopic (exact) mass is 297 g/mol. The summed E-state index contributed by atoms with van der Waals surface area (Å²) >= 11 is 0. The van der Waals surface area contributed by atoms with Crippen LogP contribution < -0.4 is 10.1 Å². The maximum Gasteiger partial charge on any atom is 0.189 e. The van der Waals surface area contributed by atoms with E-state index in [4.69, 9.17) is 4.74 Å². The number of Topliss-reactive ketones (excluding diaryl/α,β-unsaturated/α-hetero) is 2. The second-order valence-corrected chi connectivity index (χ2v) is 5.10. The highest BCUT2D eigenvalue weighted by Crippen LogP contribution is 2.20. The molecule has 0 aliphatic carbocycles. The largest absolute Gasteiger partial charge is 0.485 e. The van der Waals surface area contributed by atoms with Crippen LogP contribution in [0.1, 0.15) is 22.8 Å². The van der Waals surface area contributed by atoms with Crippen LogP contribution in [0.5, 0.6) is 5.75 Å². The topological polar surface area (TPSA) is 55.4 Å². The number of ketones is 2. The molecule has 0 heterocycles. The maximum atomic E-state index is 11.9. The van der Waals surface area contributed by atoms with E-state index in [1.54, 1.807) is 12.1 Å². The summed E-state index contributed by atoms with van der Waals surface area (Å²) in [5.41, 5.74) is 2.37. The first-order chi connectivity index (χ1) is 10.6. The van der Waals surface area contributed by atoms with Crippen molar-refractivity contribution in [1.29, 1.82) is 0 Å². The van der Waals surface area contributed by atoms with E-state index in [1.807, 2.05) is 43.3 Å². The highest BCUT2D eigenvalue weighted by Gasteiger charge is 2.10. The number of carbonyl (C=O) groups is 2. The molecule has 114 valence electrons. The molecule has 0 spiro atoms. The molecule has 0 unspecified atom stereocenters. The number of hydrogen-bond acceptors (Lipinski definition) is 4. The molecule has 2 rings (SSSR count). The van der Waals surface area contributed by atoms with Gasteiger partial charge in [0.15, 0.2) is 11.6 Å². The van der Waals surface area contributed by atoms with Gasteiger partial charge in [0.2, 0.25) is 0 Å². The molecule has 2 aromatic carbocycles. The summed E-state index contributed by atoms with van der Waals surface area (Å²) in [5, 5.41) is 3.03. The fraction of sp³-hybridized carbons (Fsp3) is 0.222. The predicted molar refractivity (Wildman–Crippen MR) is 86.6 cm³/mol. The van der Waals surface area contributed by atoms with E-state index in [0.717, 1.165) is 11.3 Å². The molecule has 4 nitrogen and oxygen atoms in total. The van der Waals surface area contributed by atoms with Crippen molar-refractivity contribution in [3.05, 3.63) is 59.7 Å². The van der Waals surface area contributed by atoms with Gasteiger partial charge >= 0.3 is 0 Å². The first-order valence-corrected chi connectivity index (χ1v) is 7.11. The number of benzene rings is 2. The molecule has 0 fully saturated rings. The van der Waals surface area contributed by atoms with Crippen LogP contribution in [-0.4, -0.2) is 24.7 Å². The number of anilines is 1. The van der Waals surface area contributed by atoms with Crippen molar-refractivity contribution in [2.75, 3.05) is 18.5 Å². The summed E-state index contributed by atoms with van der Waals surface area (Å²) in [4.78, 5) is 23.5. The van der Waals surface area contributed by atoms with E-state index >= 15 is 0 Å². The van der Waals surface area contributed by atoms with Gasteiger partial charge in [0.25, 0.3) is 0 Å². The third kappa shape index (κ3) is 4.45. The minimum Gasteiger partial charge on any atom is -0.485 e. The summed E-state index contributed by atoms with van der Waals surface area (Å²) in [6.45, 7) is 3.51. The van der Waals surface area contributed by atoms with Gasteiger partial charge in [0.05, 0.1) is 12.1 Å². The van der Waals surface area contributed by atoms with E-state index in [2.05, 4.69) is 5.32 Å². The molecule has 4 heteroatoms. The smallest absolute Gasteiger partial charge is 0.189 e. The highest BCUT2D eigenvalue weighted by atomic mass is 16.5. The Labute approximate surface area is 130 Å². The van der Waals surface area contributed by atoms with Crippen LogP contribution in [0.15, 0.2) is 48.5 Å². The molecule has 0 amide bonds. The molecule has 22 heavy (non-hydrogen) atoms. The van der Waals surface area contributed by atoms with Gasteiger partial charge in [-0.15, -0.1) is 0 Å². The summed E-state index contributed by atoms with van der Waals surface area (Å²) < 4.78 is 5.49. The van der Waals surface area contributed by atoms with Gasteiger partial charge in [-0.3, -0.25) is 9.59 Å². The first-order valence-electron chi connectivity index (χ1n) is 7.11. The minimum absolute atomic E-state index is 0.0663. The van der Waals surface area contributed by atoms with Crippen LogP contribution in [0.25, 0.3) is 0 Å².